The molecule has 0 amide bonds. The molecular formula is C34H28Cl2FN4O4S-. The highest BCUT2D eigenvalue weighted by molar-refractivity contribution is 7.91. The molecule has 6 aromatic rings. The Morgan fingerprint density at radius 2 is 1.74 bits per heavy atom. The summed E-state index contributed by atoms with van der Waals surface area (Å²) in [7, 11) is -3.36. The minimum absolute atomic E-state index is 0. The number of aromatic nitrogens is 2. The molecule has 0 saturated heterocycles. The van der Waals surface area contributed by atoms with Gasteiger partial charge >= 0.3 is 0 Å². The number of hydrogen-bond donors (Lipinski definition) is 2. The number of ether oxygens (including phenoxy) is 1. The van der Waals surface area contributed by atoms with E-state index in [1.54, 1.807) is 54.6 Å². The third kappa shape index (κ3) is 8.02. The number of hydrogen-bond acceptors (Lipinski definition) is 8. The Bertz CT molecular complexity index is 2060. The fraction of sp³-hybridized carbons (Fsp3) is 0.118. The van der Waals surface area contributed by atoms with Crippen LogP contribution >= 0.6 is 11.6 Å². The predicted molar refractivity (Wildman–Crippen MR) is 173 cm³/mol. The summed E-state index contributed by atoms with van der Waals surface area (Å²) in [5.41, 5.74) is 2.97. The van der Waals surface area contributed by atoms with E-state index in [1.807, 2.05) is 36.4 Å². The highest BCUT2D eigenvalue weighted by Crippen LogP contribution is 2.33. The highest BCUT2D eigenvalue weighted by Gasteiger charge is 2.14. The third-order valence-electron chi connectivity index (χ3n) is 7.01. The first-order valence-corrected chi connectivity index (χ1v) is 16.1. The summed E-state index contributed by atoms with van der Waals surface area (Å²) in [4.78, 5) is 9.15. The van der Waals surface area contributed by atoms with E-state index < -0.39 is 9.84 Å². The Hall–Kier alpha value is -4.48. The second kappa shape index (κ2) is 14.7. The van der Waals surface area contributed by atoms with E-state index in [0.29, 0.717) is 57.3 Å². The highest BCUT2D eigenvalue weighted by atomic mass is 35.5. The second-order valence-corrected chi connectivity index (χ2v) is 12.7. The number of fused-ring (bicyclic) bond motifs is 1. The zero-order valence-corrected chi connectivity index (χ0v) is 26.6. The van der Waals surface area contributed by atoms with Crippen LogP contribution in [0.4, 0.5) is 15.9 Å². The summed E-state index contributed by atoms with van der Waals surface area (Å²) in [6.07, 6.45) is 1.48. The maximum absolute atomic E-state index is 13.5. The lowest BCUT2D eigenvalue weighted by Gasteiger charge is -2.12. The molecule has 2 N–H and O–H groups in total. The Morgan fingerprint density at radius 3 is 2.54 bits per heavy atom. The van der Waals surface area contributed by atoms with Crippen LogP contribution in [0.15, 0.2) is 119 Å². The zero-order valence-electron chi connectivity index (χ0n) is 24.3. The standard InChI is InChI=1S/C34H28ClFN4O4S.ClH/c35-30-19-26(10-13-33(30)43-21-23-5-4-6-25(36)17-23)40-34-29-18-24(9-12-31(29)38-22-39-34)32-14-11-27(44-32)20-37-15-16-45(41,42)28-7-2-1-3-8-28;/h1-14,17-19,22,37H,15-16,20-21H2,(H,38,39,40);1H/p-1. The summed E-state index contributed by atoms with van der Waals surface area (Å²) in [6.45, 7) is 0.862. The first-order chi connectivity index (χ1) is 21.8. The van der Waals surface area contributed by atoms with Crippen molar-refractivity contribution in [1.29, 1.82) is 0 Å². The van der Waals surface area contributed by atoms with Crippen molar-refractivity contribution in [3.05, 3.63) is 132 Å². The summed E-state index contributed by atoms with van der Waals surface area (Å²) in [5.74, 6) is 2.06. The maximum atomic E-state index is 13.5. The SMILES string of the molecule is O=S(=O)(CCNCc1ccc(-c2ccc3ncnc(Nc4ccc(OCc5cccc(F)c5)c(Cl)c4)c3c2)o1)c1ccccc1.[Cl-]. The fourth-order valence-corrected chi connectivity index (χ4v) is 6.18. The fourth-order valence-electron chi connectivity index (χ4n) is 4.72. The zero-order chi connectivity index (χ0) is 31.2. The molecule has 0 atom stereocenters. The minimum Gasteiger partial charge on any atom is -1.00 e. The molecule has 0 saturated carbocycles. The van der Waals surface area contributed by atoms with Crippen molar-refractivity contribution in [1.82, 2.24) is 15.3 Å². The lowest BCUT2D eigenvalue weighted by molar-refractivity contribution is -0.0000128. The smallest absolute Gasteiger partial charge is 0.179 e. The molecule has 8 nitrogen and oxygen atoms in total. The number of sulfone groups is 1. The van der Waals surface area contributed by atoms with Gasteiger partial charge in [-0.3, -0.25) is 0 Å². The van der Waals surface area contributed by atoms with E-state index in [9.17, 15) is 12.8 Å². The van der Waals surface area contributed by atoms with Crippen molar-refractivity contribution in [2.24, 2.45) is 0 Å². The van der Waals surface area contributed by atoms with Crippen molar-refractivity contribution in [3.8, 4) is 17.1 Å². The van der Waals surface area contributed by atoms with Crippen LogP contribution in [0.2, 0.25) is 5.02 Å². The van der Waals surface area contributed by atoms with Crippen LogP contribution in [0.5, 0.6) is 5.75 Å². The van der Waals surface area contributed by atoms with E-state index in [1.165, 1.54) is 18.5 Å². The first-order valence-electron chi connectivity index (χ1n) is 14.1. The van der Waals surface area contributed by atoms with Gasteiger partial charge < -0.3 is 32.2 Å². The van der Waals surface area contributed by atoms with E-state index in [2.05, 4.69) is 20.6 Å². The average Bonchev–Trinajstić information content (AvgIpc) is 3.52. The summed E-state index contributed by atoms with van der Waals surface area (Å²) < 4.78 is 50.3. The van der Waals surface area contributed by atoms with Crippen molar-refractivity contribution >= 4 is 43.8 Å². The van der Waals surface area contributed by atoms with E-state index in [-0.39, 0.29) is 30.6 Å². The molecule has 4 aromatic carbocycles. The molecule has 0 fully saturated rings. The molecule has 2 heterocycles. The van der Waals surface area contributed by atoms with Gasteiger partial charge in [0.25, 0.3) is 0 Å². The van der Waals surface area contributed by atoms with Gasteiger partial charge in [0.05, 0.1) is 27.7 Å². The number of benzene rings is 4. The van der Waals surface area contributed by atoms with Crippen molar-refractivity contribution in [3.63, 3.8) is 0 Å². The largest absolute Gasteiger partial charge is 1.00 e. The molecule has 0 bridgehead atoms. The molecule has 46 heavy (non-hydrogen) atoms. The normalized spacial score (nSPS) is 11.3. The van der Waals surface area contributed by atoms with Gasteiger partial charge in [0.15, 0.2) is 9.84 Å². The maximum Gasteiger partial charge on any atom is 0.179 e. The van der Waals surface area contributed by atoms with Crippen molar-refractivity contribution < 1.29 is 34.4 Å². The number of nitrogens with zero attached hydrogens (tertiary/aromatic N) is 2. The minimum atomic E-state index is -3.36. The topological polar surface area (TPSA) is 106 Å². The Labute approximate surface area is 276 Å². The van der Waals surface area contributed by atoms with Gasteiger partial charge in [-0.05, 0) is 78.4 Å². The molecule has 0 aliphatic carbocycles. The number of anilines is 2. The summed E-state index contributed by atoms with van der Waals surface area (Å²) in [5, 5.41) is 7.63. The molecule has 0 aliphatic heterocycles. The van der Waals surface area contributed by atoms with Crippen LogP contribution in [0.1, 0.15) is 11.3 Å². The summed E-state index contributed by atoms with van der Waals surface area (Å²) in [6, 6.07) is 29.4. The average molecular weight is 679 g/mol. The van der Waals surface area contributed by atoms with E-state index in [0.717, 1.165) is 16.5 Å². The van der Waals surface area contributed by atoms with Gasteiger partial charge in [-0.2, -0.15) is 0 Å². The van der Waals surface area contributed by atoms with Crippen LogP contribution in [0, 0.1) is 5.82 Å². The number of nitrogens with one attached hydrogen (secondary N) is 2. The van der Waals surface area contributed by atoms with Crippen molar-refractivity contribution in [2.45, 2.75) is 18.0 Å². The molecule has 12 heteroatoms. The van der Waals surface area contributed by atoms with Gasteiger partial charge in [-0.1, -0.05) is 41.9 Å². The summed E-state index contributed by atoms with van der Waals surface area (Å²) >= 11 is 6.50. The predicted octanol–water partition coefficient (Wildman–Crippen LogP) is 4.57. The number of rotatable bonds is 12. The molecule has 0 unspecified atom stereocenters. The lowest BCUT2D eigenvalue weighted by atomic mass is 10.1. The molecule has 0 aliphatic rings. The van der Waals surface area contributed by atoms with Crippen LogP contribution in [0.25, 0.3) is 22.2 Å². The first kappa shape index (κ1) is 32.9. The number of halogens is 3. The molecule has 6 rings (SSSR count). The molecule has 236 valence electrons. The van der Waals surface area contributed by atoms with Crippen LogP contribution in [0.3, 0.4) is 0 Å². The van der Waals surface area contributed by atoms with Gasteiger partial charge in [-0.25, -0.2) is 22.8 Å². The lowest BCUT2D eigenvalue weighted by Crippen LogP contribution is -3.00. The number of furan rings is 1. The van der Waals surface area contributed by atoms with Gasteiger partial charge in [0, 0.05) is 23.2 Å². The Balaban J connectivity index is 0.00000417. The monoisotopic (exact) mass is 677 g/mol. The van der Waals surface area contributed by atoms with Gasteiger partial charge in [-0.15, -0.1) is 0 Å². The second-order valence-electron chi connectivity index (χ2n) is 10.2. The van der Waals surface area contributed by atoms with Crippen LogP contribution in [-0.4, -0.2) is 30.7 Å². The van der Waals surface area contributed by atoms with Gasteiger partial charge in [0.2, 0.25) is 0 Å². The third-order valence-corrected chi connectivity index (χ3v) is 9.04. The van der Waals surface area contributed by atoms with E-state index in [4.69, 9.17) is 20.8 Å². The van der Waals surface area contributed by atoms with Crippen LogP contribution < -0.4 is 27.8 Å². The van der Waals surface area contributed by atoms with Crippen molar-refractivity contribution in [2.75, 3.05) is 17.6 Å². The Morgan fingerprint density at radius 1 is 0.891 bits per heavy atom. The quantitative estimate of drug-likeness (QED) is 0.182. The Kier molecular flexibility index (Phi) is 10.5. The van der Waals surface area contributed by atoms with Crippen LogP contribution in [-0.2, 0) is 23.0 Å². The van der Waals surface area contributed by atoms with Gasteiger partial charge in [0.1, 0.15) is 41.8 Å². The molecule has 2 aromatic heterocycles. The molecular weight excluding hydrogens is 650 g/mol. The molecule has 0 radical (unpaired) electrons. The van der Waals surface area contributed by atoms with E-state index >= 15 is 0 Å². The molecule has 0 spiro atoms.